The van der Waals surface area contributed by atoms with Crippen molar-refractivity contribution in [3.63, 3.8) is 0 Å². The van der Waals surface area contributed by atoms with Gasteiger partial charge in [-0.1, -0.05) is 0 Å². The number of benzene rings is 1. The molecule has 0 bridgehead atoms. The van der Waals surface area contributed by atoms with E-state index in [0.717, 1.165) is 25.3 Å². The van der Waals surface area contributed by atoms with Crippen molar-refractivity contribution in [2.75, 3.05) is 24.3 Å². The van der Waals surface area contributed by atoms with Crippen molar-refractivity contribution < 1.29 is 9.37 Å². The van der Waals surface area contributed by atoms with Gasteiger partial charge in [0.2, 0.25) is 0 Å². The topological polar surface area (TPSA) is 86.2 Å². The fraction of sp³-hybridized carbons (Fsp3) is 0.400. The van der Waals surface area contributed by atoms with Crippen molar-refractivity contribution in [1.82, 2.24) is 10.3 Å². The van der Waals surface area contributed by atoms with Gasteiger partial charge in [0.15, 0.2) is 11.0 Å². The maximum Gasteiger partial charge on any atom is 0.160 e. The zero-order chi connectivity index (χ0) is 11.0. The quantitative estimate of drug-likeness (QED) is 0.734. The molecule has 0 spiro atoms. The zero-order valence-corrected chi connectivity index (χ0v) is 8.64. The SMILES string of the molecule is Nc1ccc(NC2CCOC2)c2nonc12. The minimum Gasteiger partial charge on any atom is -0.397 e. The molecule has 3 rings (SSSR count). The second-order valence-corrected chi connectivity index (χ2v) is 3.87. The fourth-order valence-electron chi connectivity index (χ4n) is 1.87. The molecular formula is C10H12N4O2. The Kier molecular flexibility index (Phi) is 2.14. The molecule has 1 aliphatic rings. The van der Waals surface area contributed by atoms with Crippen LogP contribution in [0.1, 0.15) is 6.42 Å². The van der Waals surface area contributed by atoms with Crippen molar-refractivity contribution in [1.29, 1.82) is 0 Å². The molecule has 1 saturated heterocycles. The van der Waals surface area contributed by atoms with Crippen LogP contribution in [0.15, 0.2) is 16.8 Å². The van der Waals surface area contributed by atoms with Crippen LogP contribution in [0.3, 0.4) is 0 Å². The van der Waals surface area contributed by atoms with Gasteiger partial charge in [0.25, 0.3) is 0 Å². The average Bonchev–Trinajstić information content (AvgIpc) is 2.92. The van der Waals surface area contributed by atoms with Crippen molar-refractivity contribution in [2.24, 2.45) is 0 Å². The first-order valence-electron chi connectivity index (χ1n) is 5.19. The number of nitrogen functional groups attached to an aromatic ring is 1. The lowest BCUT2D eigenvalue weighted by Gasteiger charge is -2.12. The van der Waals surface area contributed by atoms with Crippen molar-refractivity contribution in [3.05, 3.63) is 12.1 Å². The van der Waals surface area contributed by atoms with E-state index in [1.54, 1.807) is 6.07 Å². The molecule has 0 aliphatic carbocycles. The number of hydrogen-bond donors (Lipinski definition) is 2. The predicted molar refractivity (Wildman–Crippen MR) is 59.1 cm³/mol. The molecule has 1 fully saturated rings. The third-order valence-corrected chi connectivity index (χ3v) is 2.74. The number of nitrogens with one attached hydrogen (secondary N) is 1. The van der Waals surface area contributed by atoms with E-state index in [0.29, 0.717) is 22.8 Å². The van der Waals surface area contributed by atoms with Gasteiger partial charge in [0.1, 0.15) is 0 Å². The van der Waals surface area contributed by atoms with Crippen LogP contribution in [-0.2, 0) is 4.74 Å². The molecule has 2 heterocycles. The van der Waals surface area contributed by atoms with Crippen LogP contribution in [0.4, 0.5) is 11.4 Å². The van der Waals surface area contributed by atoms with Gasteiger partial charge in [-0.15, -0.1) is 0 Å². The molecule has 1 atom stereocenters. The van der Waals surface area contributed by atoms with Crippen molar-refractivity contribution in [2.45, 2.75) is 12.5 Å². The van der Waals surface area contributed by atoms with E-state index in [2.05, 4.69) is 15.6 Å². The number of fused-ring (bicyclic) bond motifs is 1. The van der Waals surface area contributed by atoms with E-state index in [4.69, 9.17) is 15.1 Å². The maximum atomic E-state index is 5.76. The first kappa shape index (κ1) is 9.41. The van der Waals surface area contributed by atoms with Crippen LogP contribution >= 0.6 is 0 Å². The summed E-state index contributed by atoms with van der Waals surface area (Å²) in [6.45, 7) is 1.52. The van der Waals surface area contributed by atoms with Crippen LogP contribution in [0.5, 0.6) is 0 Å². The molecule has 1 unspecified atom stereocenters. The number of anilines is 2. The molecule has 1 aromatic heterocycles. The molecule has 1 aliphatic heterocycles. The summed E-state index contributed by atoms with van der Waals surface area (Å²) >= 11 is 0. The molecule has 3 N–H and O–H groups in total. The summed E-state index contributed by atoms with van der Waals surface area (Å²) in [6, 6.07) is 4.01. The third-order valence-electron chi connectivity index (χ3n) is 2.74. The van der Waals surface area contributed by atoms with Crippen LogP contribution in [-0.4, -0.2) is 29.6 Å². The average molecular weight is 220 g/mol. The summed E-state index contributed by atoms with van der Waals surface area (Å²) in [5, 5.41) is 11.0. The molecule has 84 valence electrons. The Morgan fingerprint density at radius 2 is 2.19 bits per heavy atom. The Morgan fingerprint density at radius 3 is 3.00 bits per heavy atom. The van der Waals surface area contributed by atoms with Gasteiger partial charge in [0.05, 0.1) is 24.0 Å². The molecule has 6 nitrogen and oxygen atoms in total. The van der Waals surface area contributed by atoms with Crippen molar-refractivity contribution >= 4 is 22.4 Å². The number of ether oxygens (including phenoxy) is 1. The highest BCUT2D eigenvalue weighted by Gasteiger charge is 2.18. The Labute approximate surface area is 91.7 Å². The van der Waals surface area contributed by atoms with Gasteiger partial charge >= 0.3 is 0 Å². The summed E-state index contributed by atoms with van der Waals surface area (Å²) in [5.74, 6) is 0. The van der Waals surface area contributed by atoms with E-state index in [-0.39, 0.29) is 0 Å². The number of hydrogen-bond acceptors (Lipinski definition) is 6. The smallest absolute Gasteiger partial charge is 0.160 e. The summed E-state index contributed by atoms with van der Waals surface area (Å²) in [6.07, 6.45) is 0.997. The zero-order valence-electron chi connectivity index (χ0n) is 8.64. The number of nitrogens with zero attached hydrogens (tertiary/aromatic N) is 2. The van der Waals surface area contributed by atoms with Gasteiger partial charge < -0.3 is 15.8 Å². The van der Waals surface area contributed by atoms with Crippen LogP contribution < -0.4 is 11.1 Å². The highest BCUT2D eigenvalue weighted by molar-refractivity contribution is 5.95. The van der Waals surface area contributed by atoms with E-state index >= 15 is 0 Å². The summed E-state index contributed by atoms with van der Waals surface area (Å²) in [4.78, 5) is 0. The highest BCUT2D eigenvalue weighted by Crippen LogP contribution is 2.26. The fourth-order valence-corrected chi connectivity index (χ4v) is 1.87. The predicted octanol–water partition coefficient (Wildman–Crippen LogP) is 1.01. The molecule has 0 saturated carbocycles. The second-order valence-electron chi connectivity index (χ2n) is 3.87. The van der Waals surface area contributed by atoms with Crippen LogP contribution in [0.2, 0.25) is 0 Å². The maximum absolute atomic E-state index is 5.76. The van der Waals surface area contributed by atoms with E-state index in [1.165, 1.54) is 0 Å². The van der Waals surface area contributed by atoms with E-state index in [9.17, 15) is 0 Å². The lowest BCUT2D eigenvalue weighted by molar-refractivity contribution is 0.195. The summed E-state index contributed by atoms with van der Waals surface area (Å²) in [7, 11) is 0. The van der Waals surface area contributed by atoms with Crippen molar-refractivity contribution in [3.8, 4) is 0 Å². The number of aromatic nitrogens is 2. The van der Waals surface area contributed by atoms with E-state index < -0.39 is 0 Å². The number of nitrogens with two attached hydrogens (primary N) is 1. The van der Waals surface area contributed by atoms with Crippen LogP contribution in [0.25, 0.3) is 11.0 Å². The summed E-state index contributed by atoms with van der Waals surface area (Å²) in [5.41, 5.74) is 8.50. The molecule has 1 aromatic carbocycles. The lowest BCUT2D eigenvalue weighted by Crippen LogP contribution is -2.19. The highest BCUT2D eigenvalue weighted by atomic mass is 16.6. The first-order valence-corrected chi connectivity index (χ1v) is 5.19. The number of rotatable bonds is 2. The Hall–Kier alpha value is -1.82. The van der Waals surface area contributed by atoms with E-state index in [1.807, 2.05) is 6.07 Å². The largest absolute Gasteiger partial charge is 0.397 e. The second kappa shape index (κ2) is 3.64. The van der Waals surface area contributed by atoms with Gasteiger partial charge in [-0.3, -0.25) is 0 Å². The standard InChI is InChI=1S/C10H12N4O2/c11-7-1-2-8(10-9(7)13-16-14-10)12-6-3-4-15-5-6/h1-2,6,12H,3-5,11H2. The minimum atomic E-state index is 0.323. The summed E-state index contributed by atoms with van der Waals surface area (Å²) < 4.78 is 10.00. The molecule has 6 heteroatoms. The normalized spacial score (nSPS) is 20.4. The van der Waals surface area contributed by atoms with Crippen LogP contribution in [0, 0.1) is 0 Å². The monoisotopic (exact) mass is 220 g/mol. The third kappa shape index (κ3) is 1.47. The van der Waals surface area contributed by atoms with Gasteiger partial charge in [-0.2, -0.15) is 0 Å². The Bertz CT molecular complexity index is 504. The molecule has 2 aromatic rings. The Balaban J connectivity index is 1.96. The van der Waals surface area contributed by atoms with Gasteiger partial charge in [-0.25, -0.2) is 4.63 Å². The minimum absolute atomic E-state index is 0.323. The van der Waals surface area contributed by atoms with Gasteiger partial charge in [-0.05, 0) is 28.9 Å². The molecule has 16 heavy (non-hydrogen) atoms. The lowest BCUT2D eigenvalue weighted by atomic mass is 10.2. The van der Waals surface area contributed by atoms with Gasteiger partial charge in [0, 0.05) is 6.61 Å². The molecule has 0 radical (unpaired) electrons. The molecule has 0 amide bonds. The Morgan fingerprint density at radius 1 is 1.31 bits per heavy atom. The first-order chi connectivity index (χ1) is 7.84. The molecular weight excluding hydrogens is 208 g/mol.